The molecule has 0 aliphatic heterocycles. The summed E-state index contributed by atoms with van der Waals surface area (Å²) in [5.41, 5.74) is -0.120. The average molecular weight is 292 g/mol. The lowest BCUT2D eigenvalue weighted by Crippen LogP contribution is -2.40. The average Bonchev–Trinajstić information content (AvgIpc) is 2.42. The van der Waals surface area contributed by atoms with Crippen LogP contribution < -0.4 is 5.32 Å². The number of carboxylic acid groups (broad SMARTS) is 1. The van der Waals surface area contributed by atoms with Gasteiger partial charge >= 0.3 is 5.97 Å². The summed E-state index contributed by atoms with van der Waals surface area (Å²) in [5, 5.41) is 22.4. The van der Waals surface area contributed by atoms with E-state index in [1.807, 2.05) is 0 Å². The molecule has 0 saturated heterocycles. The third-order valence-electron chi connectivity index (χ3n) is 2.88. The number of hydrogen-bond donors (Lipinski definition) is 2. The first kappa shape index (κ1) is 16.4. The molecule has 112 valence electrons. The molecular weight excluding hydrogens is 276 g/mol. The minimum atomic E-state index is -1.20. The fraction of sp³-hybridized carbons (Fsp3) is 0.286. The van der Waals surface area contributed by atoms with Gasteiger partial charge in [-0.2, -0.15) is 0 Å². The van der Waals surface area contributed by atoms with Gasteiger partial charge in [0, 0.05) is 5.56 Å². The number of carbonyl (C=O) groups is 2. The van der Waals surface area contributed by atoms with Crippen LogP contribution in [0.5, 0.6) is 0 Å². The molecule has 2 N–H and O–H groups in total. The highest BCUT2D eigenvalue weighted by molar-refractivity contribution is 6.00. The van der Waals surface area contributed by atoms with Crippen molar-refractivity contribution in [2.24, 2.45) is 0 Å². The zero-order chi connectivity index (χ0) is 16.0. The molecule has 7 heteroatoms. The fourth-order valence-electron chi connectivity index (χ4n) is 1.81. The maximum Gasteiger partial charge on any atom is 0.326 e. The van der Waals surface area contributed by atoms with Crippen molar-refractivity contribution in [3.63, 3.8) is 0 Å². The van der Waals surface area contributed by atoms with Crippen LogP contribution in [0.1, 0.15) is 29.3 Å². The second-order valence-electron chi connectivity index (χ2n) is 4.40. The first-order valence-electron chi connectivity index (χ1n) is 6.27. The molecule has 1 aromatic carbocycles. The third-order valence-corrected chi connectivity index (χ3v) is 2.88. The van der Waals surface area contributed by atoms with Gasteiger partial charge in [-0.05, 0) is 26.3 Å². The summed E-state index contributed by atoms with van der Waals surface area (Å²) in [7, 11) is 0. The minimum Gasteiger partial charge on any atom is -0.480 e. The summed E-state index contributed by atoms with van der Waals surface area (Å²) in [6, 6.07) is 3.20. The Bertz CT molecular complexity index is 595. The molecule has 0 saturated carbocycles. The molecule has 0 bridgehead atoms. The van der Waals surface area contributed by atoms with Crippen LogP contribution in [0, 0.1) is 17.0 Å². The van der Waals surface area contributed by atoms with Crippen molar-refractivity contribution in [1.29, 1.82) is 0 Å². The predicted octanol–water partition coefficient (Wildman–Crippen LogP) is 2.05. The molecule has 0 fully saturated rings. The van der Waals surface area contributed by atoms with Crippen LogP contribution in [-0.2, 0) is 4.79 Å². The van der Waals surface area contributed by atoms with Gasteiger partial charge in [-0.3, -0.25) is 14.9 Å². The number of carbonyl (C=O) groups excluding carboxylic acids is 1. The maximum absolute atomic E-state index is 12.1. The molecule has 0 aliphatic carbocycles. The Morgan fingerprint density at radius 3 is 2.67 bits per heavy atom. The van der Waals surface area contributed by atoms with Crippen molar-refractivity contribution in [3.8, 4) is 0 Å². The number of para-hydroxylation sites is 1. The normalized spacial score (nSPS) is 12.1. The number of aryl methyl sites for hydroxylation is 1. The fourth-order valence-corrected chi connectivity index (χ4v) is 1.81. The topological polar surface area (TPSA) is 110 Å². The summed E-state index contributed by atoms with van der Waals surface area (Å²) >= 11 is 0. The van der Waals surface area contributed by atoms with Gasteiger partial charge in [0.2, 0.25) is 0 Å². The molecule has 1 unspecified atom stereocenters. The van der Waals surface area contributed by atoms with E-state index in [4.69, 9.17) is 5.11 Å². The highest BCUT2D eigenvalue weighted by atomic mass is 16.6. The van der Waals surface area contributed by atoms with Crippen LogP contribution in [0.3, 0.4) is 0 Å². The molecule has 1 rings (SSSR count). The smallest absolute Gasteiger partial charge is 0.326 e. The summed E-state index contributed by atoms with van der Waals surface area (Å²) in [6.45, 7) is 3.25. The summed E-state index contributed by atoms with van der Waals surface area (Å²) in [6.07, 6.45) is 3.37. The number of nitrogens with zero attached hydrogens (tertiary/aromatic N) is 1. The number of nitrogens with one attached hydrogen (secondary N) is 1. The van der Waals surface area contributed by atoms with Crippen LogP contribution in [0.15, 0.2) is 30.4 Å². The molecule has 0 aromatic heterocycles. The molecule has 1 amide bonds. The van der Waals surface area contributed by atoms with Crippen LogP contribution in [-0.4, -0.2) is 27.9 Å². The Balaban J connectivity index is 3.06. The van der Waals surface area contributed by atoms with Crippen LogP contribution in [0.25, 0.3) is 0 Å². The van der Waals surface area contributed by atoms with Gasteiger partial charge in [-0.1, -0.05) is 24.3 Å². The van der Waals surface area contributed by atoms with Gasteiger partial charge in [0.15, 0.2) is 0 Å². The Hall–Kier alpha value is -2.70. The number of nitro benzene ring substituents is 1. The van der Waals surface area contributed by atoms with Gasteiger partial charge in [0.25, 0.3) is 11.6 Å². The largest absolute Gasteiger partial charge is 0.480 e. The zero-order valence-electron chi connectivity index (χ0n) is 11.7. The van der Waals surface area contributed by atoms with Gasteiger partial charge in [-0.15, -0.1) is 0 Å². The van der Waals surface area contributed by atoms with Crippen molar-refractivity contribution in [2.75, 3.05) is 0 Å². The molecule has 0 aliphatic rings. The first-order valence-corrected chi connectivity index (χ1v) is 6.27. The molecule has 0 heterocycles. The molecular formula is C14H16N2O5. The summed E-state index contributed by atoms with van der Waals surface area (Å²) < 4.78 is 0. The second-order valence-corrected chi connectivity index (χ2v) is 4.40. The first-order chi connectivity index (χ1) is 9.88. The Morgan fingerprint density at radius 1 is 1.48 bits per heavy atom. The van der Waals surface area contributed by atoms with Crippen LogP contribution >= 0.6 is 0 Å². The SMILES string of the molecule is C/C=C/CC(NC(=O)c1cccc(C)c1[N+](=O)[O-])C(=O)O. The van der Waals surface area contributed by atoms with Gasteiger partial charge in [0.05, 0.1) is 4.92 Å². The van der Waals surface area contributed by atoms with Crippen LogP contribution in [0.4, 0.5) is 5.69 Å². The van der Waals surface area contributed by atoms with E-state index in [2.05, 4.69) is 5.32 Å². The van der Waals surface area contributed by atoms with Crippen molar-refractivity contribution >= 4 is 17.6 Å². The second kappa shape index (κ2) is 7.18. The van der Waals surface area contributed by atoms with Crippen molar-refractivity contribution in [2.45, 2.75) is 26.3 Å². The van der Waals surface area contributed by atoms with E-state index < -0.39 is 22.8 Å². The molecule has 1 aromatic rings. The van der Waals surface area contributed by atoms with E-state index in [1.165, 1.54) is 25.1 Å². The van der Waals surface area contributed by atoms with Gasteiger partial charge < -0.3 is 10.4 Å². The van der Waals surface area contributed by atoms with Crippen LogP contribution in [0.2, 0.25) is 0 Å². The highest BCUT2D eigenvalue weighted by Crippen LogP contribution is 2.23. The van der Waals surface area contributed by atoms with E-state index >= 15 is 0 Å². The Kier molecular flexibility index (Phi) is 5.59. The number of nitro groups is 1. The van der Waals surface area contributed by atoms with E-state index in [9.17, 15) is 19.7 Å². The molecule has 0 radical (unpaired) electrons. The standard InChI is InChI=1S/C14H16N2O5/c1-3-4-8-11(14(18)19)15-13(17)10-7-5-6-9(2)12(10)16(20)21/h3-7,11H,8H2,1-2H3,(H,15,17)(H,18,19)/b4-3+. The number of allylic oxidation sites excluding steroid dienone is 1. The van der Waals surface area contributed by atoms with E-state index in [1.54, 1.807) is 19.1 Å². The number of benzene rings is 1. The van der Waals surface area contributed by atoms with E-state index in [0.29, 0.717) is 5.56 Å². The summed E-state index contributed by atoms with van der Waals surface area (Å²) in [4.78, 5) is 33.6. The number of hydrogen-bond acceptors (Lipinski definition) is 4. The van der Waals surface area contributed by atoms with Crippen molar-refractivity contribution in [1.82, 2.24) is 5.32 Å². The molecule has 0 spiro atoms. The Labute approximate surface area is 121 Å². The summed E-state index contributed by atoms with van der Waals surface area (Å²) in [5.74, 6) is -1.97. The highest BCUT2D eigenvalue weighted by Gasteiger charge is 2.26. The van der Waals surface area contributed by atoms with Crippen molar-refractivity contribution < 1.29 is 19.6 Å². The lowest BCUT2D eigenvalue weighted by Gasteiger charge is -2.13. The zero-order valence-corrected chi connectivity index (χ0v) is 11.7. The number of aliphatic carboxylic acids is 1. The van der Waals surface area contributed by atoms with Gasteiger partial charge in [0.1, 0.15) is 11.6 Å². The molecule has 7 nitrogen and oxygen atoms in total. The number of carboxylic acids is 1. The third kappa shape index (κ3) is 4.13. The monoisotopic (exact) mass is 292 g/mol. The van der Waals surface area contributed by atoms with Crippen molar-refractivity contribution in [3.05, 3.63) is 51.6 Å². The minimum absolute atomic E-state index is 0.108. The lowest BCUT2D eigenvalue weighted by molar-refractivity contribution is -0.385. The quantitative estimate of drug-likeness (QED) is 0.473. The Morgan fingerprint density at radius 2 is 2.14 bits per heavy atom. The molecule has 21 heavy (non-hydrogen) atoms. The molecule has 1 atom stereocenters. The van der Waals surface area contributed by atoms with Gasteiger partial charge in [-0.25, -0.2) is 4.79 Å². The van der Waals surface area contributed by atoms with E-state index in [-0.39, 0.29) is 17.7 Å². The number of amides is 1. The number of rotatable bonds is 6. The lowest BCUT2D eigenvalue weighted by atomic mass is 10.1. The predicted molar refractivity (Wildman–Crippen MR) is 76.2 cm³/mol. The van der Waals surface area contributed by atoms with E-state index in [0.717, 1.165) is 0 Å². The maximum atomic E-state index is 12.1.